The molecule has 0 aromatic rings. The Balaban J connectivity index is 4.94. The van der Waals surface area contributed by atoms with Crippen LogP contribution in [0.3, 0.4) is 0 Å². The van der Waals surface area contributed by atoms with Crippen LogP contribution in [0.25, 0.3) is 0 Å². The average molecular weight is 363 g/mol. The van der Waals surface area contributed by atoms with Gasteiger partial charge in [-0.05, 0) is 6.92 Å². The third-order valence-corrected chi connectivity index (χ3v) is 3.05. The van der Waals surface area contributed by atoms with Crippen molar-refractivity contribution in [3.8, 4) is 0 Å². The van der Waals surface area contributed by atoms with Gasteiger partial charge >= 0.3 is 5.97 Å². The maximum atomic E-state index is 12.1. The van der Waals surface area contributed by atoms with E-state index in [0.717, 1.165) is 0 Å². The molecule has 12 heteroatoms. The van der Waals surface area contributed by atoms with Gasteiger partial charge in [0.1, 0.15) is 18.6 Å². The van der Waals surface area contributed by atoms with Crippen molar-refractivity contribution in [2.45, 2.75) is 31.5 Å². The molecule has 11 nitrogen and oxygen atoms in total. The molecule has 4 amide bonds. The van der Waals surface area contributed by atoms with Gasteiger partial charge in [-0.2, -0.15) is 12.6 Å². The summed E-state index contributed by atoms with van der Waals surface area (Å²) >= 11 is 3.92. The number of hydrogen-bond donors (Lipinski definition) is 7. The van der Waals surface area contributed by atoms with Crippen molar-refractivity contribution in [2.24, 2.45) is 11.5 Å². The Labute approximate surface area is 143 Å². The summed E-state index contributed by atoms with van der Waals surface area (Å²) in [4.78, 5) is 56.9. The molecule has 0 spiro atoms. The SMILES string of the molecule is CC(N)C(=O)NC(CS)C(=O)NC(CC(N)=O)C(=O)NCC(=O)O. The highest BCUT2D eigenvalue weighted by Crippen LogP contribution is 1.97. The number of nitrogens with two attached hydrogens (primary N) is 2. The van der Waals surface area contributed by atoms with E-state index < -0.39 is 60.7 Å². The van der Waals surface area contributed by atoms with E-state index in [4.69, 9.17) is 16.6 Å². The van der Waals surface area contributed by atoms with Crippen LogP contribution in [0, 0.1) is 0 Å². The minimum atomic E-state index is -1.39. The number of aliphatic carboxylic acids is 1. The Kier molecular flexibility index (Phi) is 9.42. The minimum Gasteiger partial charge on any atom is -0.480 e. The molecule has 0 aliphatic rings. The van der Waals surface area contributed by atoms with Gasteiger partial charge in [0, 0.05) is 5.75 Å². The second-order valence-corrected chi connectivity index (χ2v) is 5.24. The maximum Gasteiger partial charge on any atom is 0.322 e. The molecule has 0 radical (unpaired) electrons. The van der Waals surface area contributed by atoms with Gasteiger partial charge in [-0.1, -0.05) is 0 Å². The van der Waals surface area contributed by atoms with Crippen molar-refractivity contribution in [1.82, 2.24) is 16.0 Å². The Morgan fingerprint density at radius 2 is 1.58 bits per heavy atom. The number of hydrogen-bond acceptors (Lipinski definition) is 7. The number of nitrogens with one attached hydrogen (secondary N) is 3. The number of primary amides is 1. The molecule has 0 heterocycles. The predicted molar refractivity (Wildman–Crippen MR) is 85.8 cm³/mol. The minimum absolute atomic E-state index is 0.0929. The monoisotopic (exact) mass is 363 g/mol. The third kappa shape index (κ3) is 8.33. The molecule has 8 N–H and O–H groups in total. The molecule has 136 valence electrons. The van der Waals surface area contributed by atoms with E-state index in [1.54, 1.807) is 0 Å². The molecule has 24 heavy (non-hydrogen) atoms. The second kappa shape index (κ2) is 10.4. The van der Waals surface area contributed by atoms with Crippen molar-refractivity contribution in [1.29, 1.82) is 0 Å². The molecule has 0 aliphatic carbocycles. The van der Waals surface area contributed by atoms with Gasteiger partial charge in [-0.3, -0.25) is 24.0 Å². The molecule has 0 saturated carbocycles. The highest BCUT2D eigenvalue weighted by molar-refractivity contribution is 7.80. The van der Waals surface area contributed by atoms with Gasteiger partial charge in [0.05, 0.1) is 12.5 Å². The topological polar surface area (TPSA) is 194 Å². The summed E-state index contributed by atoms with van der Waals surface area (Å²) in [5.74, 6) is -4.58. The molecule has 0 aromatic heterocycles. The zero-order chi connectivity index (χ0) is 18.9. The van der Waals surface area contributed by atoms with E-state index in [2.05, 4.69) is 23.3 Å². The van der Waals surface area contributed by atoms with Gasteiger partial charge in [-0.25, -0.2) is 0 Å². The van der Waals surface area contributed by atoms with Gasteiger partial charge < -0.3 is 32.5 Å². The van der Waals surface area contributed by atoms with E-state index in [1.807, 2.05) is 5.32 Å². The lowest BCUT2D eigenvalue weighted by atomic mass is 10.1. The summed E-state index contributed by atoms with van der Waals surface area (Å²) in [6.45, 7) is 0.722. The summed E-state index contributed by atoms with van der Waals surface area (Å²) in [6, 6.07) is -3.35. The van der Waals surface area contributed by atoms with Crippen molar-refractivity contribution < 1.29 is 29.1 Å². The van der Waals surface area contributed by atoms with Crippen LogP contribution in [0.5, 0.6) is 0 Å². The summed E-state index contributed by atoms with van der Waals surface area (Å²) < 4.78 is 0. The van der Waals surface area contributed by atoms with E-state index in [0.29, 0.717) is 0 Å². The Morgan fingerprint density at radius 1 is 1.04 bits per heavy atom. The number of amides is 4. The zero-order valence-electron chi connectivity index (χ0n) is 12.9. The zero-order valence-corrected chi connectivity index (χ0v) is 13.8. The number of carbonyl (C=O) groups excluding carboxylic acids is 4. The number of thiol groups is 1. The van der Waals surface area contributed by atoms with Crippen LogP contribution in [0.15, 0.2) is 0 Å². The third-order valence-electron chi connectivity index (χ3n) is 2.68. The van der Waals surface area contributed by atoms with E-state index >= 15 is 0 Å². The van der Waals surface area contributed by atoms with Crippen molar-refractivity contribution in [2.75, 3.05) is 12.3 Å². The molecule has 0 rings (SSSR count). The van der Waals surface area contributed by atoms with Crippen LogP contribution in [-0.2, 0) is 24.0 Å². The number of carboxylic acids is 1. The lowest BCUT2D eigenvalue weighted by Crippen LogP contribution is -2.57. The lowest BCUT2D eigenvalue weighted by Gasteiger charge is -2.22. The summed E-state index contributed by atoms with van der Waals surface area (Å²) in [7, 11) is 0. The fourth-order valence-electron chi connectivity index (χ4n) is 1.47. The van der Waals surface area contributed by atoms with Crippen molar-refractivity contribution >= 4 is 42.2 Å². The van der Waals surface area contributed by atoms with Crippen LogP contribution >= 0.6 is 12.6 Å². The van der Waals surface area contributed by atoms with E-state index in [1.165, 1.54) is 6.92 Å². The average Bonchev–Trinajstić information content (AvgIpc) is 2.48. The first-order valence-electron chi connectivity index (χ1n) is 6.83. The van der Waals surface area contributed by atoms with Crippen LogP contribution in [0.4, 0.5) is 0 Å². The van der Waals surface area contributed by atoms with Crippen LogP contribution in [0.1, 0.15) is 13.3 Å². The van der Waals surface area contributed by atoms with Gasteiger partial charge in [0.2, 0.25) is 23.6 Å². The normalized spacial score (nSPS) is 14.0. The molecule has 3 unspecified atom stereocenters. The first kappa shape index (κ1) is 21.7. The summed E-state index contributed by atoms with van der Waals surface area (Å²) in [5, 5.41) is 15.1. The van der Waals surface area contributed by atoms with Gasteiger partial charge in [-0.15, -0.1) is 0 Å². The smallest absolute Gasteiger partial charge is 0.322 e. The fraction of sp³-hybridized carbons (Fsp3) is 0.583. The highest BCUT2D eigenvalue weighted by Gasteiger charge is 2.27. The van der Waals surface area contributed by atoms with Crippen LogP contribution in [0.2, 0.25) is 0 Å². The molecule has 0 bridgehead atoms. The first-order chi connectivity index (χ1) is 11.1. The molecular formula is C12H21N5O6S. The maximum absolute atomic E-state index is 12.1. The predicted octanol–water partition coefficient (Wildman–Crippen LogP) is -3.69. The molecular weight excluding hydrogens is 342 g/mol. The molecule has 0 fully saturated rings. The number of carbonyl (C=O) groups is 5. The standard InChI is InChI=1S/C12H21N5O6S/c1-5(13)10(21)17-7(4-24)12(23)16-6(2-8(14)18)11(22)15-3-9(19)20/h5-7,24H,2-4,13H2,1H3,(H2,14,18)(H,15,22)(H,16,23)(H,17,21)(H,19,20). The summed E-state index contributed by atoms with van der Waals surface area (Å²) in [6.07, 6.45) is -0.544. The molecule has 0 aromatic carbocycles. The number of rotatable bonds is 10. The largest absolute Gasteiger partial charge is 0.480 e. The van der Waals surface area contributed by atoms with Crippen LogP contribution < -0.4 is 27.4 Å². The van der Waals surface area contributed by atoms with E-state index in [9.17, 15) is 24.0 Å². The van der Waals surface area contributed by atoms with Gasteiger partial charge in [0.15, 0.2) is 0 Å². The highest BCUT2D eigenvalue weighted by atomic mass is 32.1. The molecule has 3 atom stereocenters. The van der Waals surface area contributed by atoms with Crippen molar-refractivity contribution in [3.63, 3.8) is 0 Å². The number of carboxylic acid groups (broad SMARTS) is 1. The molecule has 0 saturated heterocycles. The van der Waals surface area contributed by atoms with Crippen molar-refractivity contribution in [3.05, 3.63) is 0 Å². The lowest BCUT2D eigenvalue weighted by molar-refractivity contribution is -0.138. The Hall–Kier alpha value is -2.34. The Morgan fingerprint density at radius 3 is 2.00 bits per heavy atom. The molecule has 0 aliphatic heterocycles. The Bertz CT molecular complexity index is 512. The van der Waals surface area contributed by atoms with E-state index in [-0.39, 0.29) is 5.75 Å². The quantitative estimate of drug-likeness (QED) is 0.194. The first-order valence-corrected chi connectivity index (χ1v) is 7.46. The fourth-order valence-corrected chi connectivity index (χ4v) is 1.72. The summed E-state index contributed by atoms with van der Waals surface area (Å²) in [5.41, 5.74) is 10.4. The second-order valence-electron chi connectivity index (χ2n) is 4.88. The van der Waals surface area contributed by atoms with Crippen LogP contribution in [-0.4, -0.2) is 65.1 Å². The van der Waals surface area contributed by atoms with Gasteiger partial charge in [0.25, 0.3) is 0 Å².